The van der Waals surface area contributed by atoms with Gasteiger partial charge in [0.2, 0.25) is 11.8 Å². The Morgan fingerprint density at radius 2 is 1.92 bits per heavy atom. The molecule has 0 fully saturated rings. The molecule has 0 bridgehead atoms. The van der Waals surface area contributed by atoms with Gasteiger partial charge in [-0.05, 0) is 6.92 Å². The van der Waals surface area contributed by atoms with Crippen molar-refractivity contribution in [2.24, 2.45) is 11.5 Å². The van der Waals surface area contributed by atoms with Crippen LogP contribution in [0.5, 0.6) is 0 Å². The number of carbonyl (C=O) groups is 2. The maximum Gasteiger partial charge on any atom is 0.237 e. The third-order valence-corrected chi connectivity index (χ3v) is 1.55. The molecule has 0 saturated carbocycles. The summed E-state index contributed by atoms with van der Waals surface area (Å²) in [4.78, 5) is 23.2. The van der Waals surface area contributed by atoms with E-state index in [0.29, 0.717) is 6.54 Å². The predicted octanol–water partition coefficient (Wildman–Crippen LogP) is -1.00. The van der Waals surface area contributed by atoms with Crippen LogP contribution >= 0.6 is 12.2 Å². The van der Waals surface area contributed by atoms with Gasteiger partial charge in [0.25, 0.3) is 0 Å². The number of rotatable bonds is 5. The van der Waals surface area contributed by atoms with E-state index in [9.17, 15) is 9.59 Å². The van der Waals surface area contributed by atoms with Gasteiger partial charge in [-0.3, -0.25) is 9.59 Å². The van der Waals surface area contributed by atoms with Crippen LogP contribution in [0.1, 0.15) is 13.3 Å². The third kappa shape index (κ3) is 5.13. The predicted molar refractivity (Wildman–Crippen MR) is 52.9 cm³/mol. The van der Waals surface area contributed by atoms with Crippen molar-refractivity contribution in [3.8, 4) is 0 Å². The second-order valence-corrected chi connectivity index (χ2v) is 3.04. The molecule has 0 aliphatic heterocycles. The van der Waals surface area contributed by atoms with Crippen molar-refractivity contribution in [3.63, 3.8) is 0 Å². The molecule has 0 unspecified atom stereocenters. The van der Waals surface area contributed by atoms with Crippen molar-refractivity contribution in [2.45, 2.75) is 13.3 Å². The summed E-state index contributed by atoms with van der Waals surface area (Å²) in [6, 6.07) is 0. The van der Waals surface area contributed by atoms with Crippen LogP contribution in [0.4, 0.5) is 0 Å². The summed E-state index contributed by atoms with van der Waals surface area (Å²) in [6.45, 7) is 2.09. The van der Waals surface area contributed by atoms with Crippen molar-refractivity contribution >= 4 is 29.0 Å². The number of amides is 2. The molecule has 0 heterocycles. The van der Waals surface area contributed by atoms with Gasteiger partial charge >= 0.3 is 0 Å². The van der Waals surface area contributed by atoms with E-state index in [-0.39, 0.29) is 23.9 Å². The quantitative estimate of drug-likeness (QED) is 0.561. The second-order valence-electron chi connectivity index (χ2n) is 2.52. The molecule has 2 amide bonds. The van der Waals surface area contributed by atoms with Crippen LogP contribution in [0.2, 0.25) is 0 Å². The Hall–Kier alpha value is -1.17. The fourth-order valence-electron chi connectivity index (χ4n) is 0.825. The average Bonchev–Trinajstić information content (AvgIpc) is 1.98. The van der Waals surface area contributed by atoms with Crippen LogP contribution in [0, 0.1) is 0 Å². The first-order valence-corrected chi connectivity index (χ1v) is 4.22. The van der Waals surface area contributed by atoms with Gasteiger partial charge in [-0.25, -0.2) is 0 Å². The Kier molecular flexibility index (Phi) is 4.98. The van der Waals surface area contributed by atoms with Crippen molar-refractivity contribution in [1.29, 1.82) is 0 Å². The molecule has 0 aromatic rings. The van der Waals surface area contributed by atoms with Gasteiger partial charge in [0.05, 0.1) is 18.0 Å². The van der Waals surface area contributed by atoms with Crippen LogP contribution in [0.25, 0.3) is 0 Å². The number of hydrogen-bond acceptors (Lipinski definition) is 3. The molecular weight excluding hydrogens is 190 g/mol. The molecule has 6 heteroatoms. The minimum absolute atomic E-state index is 0.0174. The van der Waals surface area contributed by atoms with Gasteiger partial charge < -0.3 is 16.4 Å². The number of nitrogens with two attached hydrogens (primary N) is 2. The summed E-state index contributed by atoms with van der Waals surface area (Å²) in [5.74, 6) is -0.813. The molecule has 13 heavy (non-hydrogen) atoms. The van der Waals surface area contributed by atoms with Crippen LogP contribution in [-0.2, 0) is 9.59 Å². The molecule has 0 aliphatic carbocycles. The van der Waals surface area contributed by atoms with Gasteiger partial charge in [0.1, 0.15) is 0 Å². The number of primary amides is 1. The zero-order valence-corrected chi connectivity index (χ0v) is 8.26. The second kappa shape index (κ2) is 5.47. The smallest absolute Gasteiger partial charge is 0.237 e. The molecule has 0 atom stereocenters. The molecule has 0 rings (SSSR count). The van der Waals surface area contributed by atoms with Crippen molar-refractivity contribution in [3.05, 3.63) is 0 Å². The topological polar surface area (TPSA) is 89.4 Å². The molecule has 0 aromatic heterocycles. The lowest BCUT2D eigenvalue weighted by atomic mass is 10.3. The third-order valence-electron chi connectivity index (χ3n) is 1.41. The zero-order chi connectivity index (χ0) is 10.4. The van der Waals surface area contributed by atoms with E-state index in [0.717, 1.165) is 0 Å². The van der Waals surface area contributed by atoms with Gasteiger partial charge in [-0.15, -0.1) is 0 Å². The lowest BCUT2D eigenvalue weighted by Gasteiger charge is -2.18. The zero-order valence-electron chi connectivity index (χ0n) is 7.45. The van der Waals surface area contributed by atoms with E-state index in [1.807, 2.05) is 0 Å². The van der Waals surface area contributed by atoms with Crippen molar-refractivity contribution in [2.75, 3.05) is 13.1 Å². The Morgan fingerprint density at radius 1 is 1.38 bits per heavy atom. The molecule has 0 saturated heterocycles. The summed E-state index contributed by atoms with van der Waals surface area (Å²) < 4.78 is 0. The maximum atomic E-state index is 11.3. The monoisotopic (exact) mass is 203 g/mol. The van der Waals surface area contributed by atoms with E-state index in [2.05, 4.69) is 12.2 Å². The van der Waals surface area contributed by atoms with E-state index in [4.69, 9.17) is 11.5 Å². The van der Waals surface area contributed by atoms with Gasteiger partial charge in [-0.2, -0.15) is 0 Å². The van der Waals surface area contributed by atoms with E-state index in [1.165, 1.54) is 4.90 Å². The van der Waals surface area contributed by atoms with E-state index in [1.54, 1.807) is 6.92 Å². The number of nitrogens with zero attached hydrogens (tertiary/aromatic N) is 1. The summed E-state index contributed by atoms with van der Waals surface area (Å²) in [7, 11) is 0. The molecule has 0 spiro atoms. The Morgan fingerprint density at radius 3 is 2.23 bits per heavy atom. The van der Waals surface area contributed by atoms with E-state index >= 15 is 0 Å². The Balaban J connectivity index is 4.15. The molecule has 0 aromatic carbocycles. The molecule has 0 radical (unpaired) electrons. The highest BCUT2D eigenvalue weighted by molar-refractivity contribution is 7.80. The average molecular weight is 203 g/mol. The lowest BCUT2D eigenvalue weighted by Crippen LogP contribution is -2.39. The van der Waals surface area contributed by atoms with Crippen molar-refractivity contribution < 1.29 is 9.59 Å². The first kappa shape index (κ1) is 11.8. The van der Waals surface area contributed by atoms with Crippen LogP contribution in [-0.4, -0.2) is 34.8 Å². The fraction of sp³-hybridized carbons (Fsp3) is 0.571. The SMILES string of the molecule is CCN(CC(N)=O)C(=O)CC(N)=S. The highest BCUT2D eigenvalue weighted by Gasteiger charge is 2.13. The van der Waals surface area contributed by atoms with Crippen molar-refractivity contribution in [1.82, 2.24) is 4.90 Å². The normalized spacial score (nSPS) is 9.31. The highest BCUT2D eigenvalue weighted by atomic mass is 32.1. The summed E-state index contributed by atoms with van der Waals surface area (Å²) in [6.07, 6.45) is -0.0174. The standard InChI is InChI=1S/C7H13N3O2S/c1-2-10(4-5(8)11)7(12)3-6(9)13/h2-4H2,1H3,(H2,8,11)(H2,9,13). The summed E-state index contributed by atoms with van der Waals surface area (Å²) >= 11 is 4.57. The van der Waals surface area contributed by atoms with E-state index < -0.39 is 5.91 Å². The van der Waals surface area contributed by atoms with Crippen LogP contribution in [0.3, 0.4) is 0 Å². The lowest BCUT2D eigenvalue weighted by molar-refractivity contribution is -0.133. The van der Waals surface area contributed by atoms with Crippen LogP contribution in [0.15, 0.2) is 0 Å². The largest absolute Gasteiger partial charge is 0.393 e. The molecular formula is C7H13N3O2S. The van der Waals surface area contributed by atoms with Gasteiger partial charge in [0.15, 0.2) is 0 Å². The number of thiocarbonyl (C=S) groups is 1. The highest BCUT2D eigenvalue weighted by Crippen LogP contribution is 1.93. The van der Waals surface area contributed by atoms with Gasteiger partial charge in [0, 0.05) is 6.54 Å². The molecule has 0 aliphatic rings. The molecule has 4 N–H and O–H groups in total. The Labute approximate surface area is 82.1 Å². The Bertz CT molecular complexity index is 230. The minimum Gasteiger partial charge on any atom is -0.393 e. The van der Waals surface area contributed by atoms with Gasteiger partial charge in [-0.1, -0.05) is 12.2 Å². The number of carbonyl (C=O) groups excluding carboxylic acids is 2. The summed E-state index contributed by atoms with van der Waals surface area (Å²) in [5.41, 5.74) is 10.1. The summed E-state index contributed by atoms with van der Waals surface area (Å²) in [5, 5.41) is 0. The maximum absolute atomic E-state index is 11.3. The number of likely N-dealkylation sites (N-methyl/N-ethyl adjacent to an activating group) is 1. The molecule has 5 nitrogen and oxygen atoms in total. The fourth-order valence-corrected chi connectivity index (χ4v) is 0.949. The first-order valence-electron chi connectivity index (χ1n) is 3.81. The first-order chi connectivity index (χ1) is 5.97. The minimum atomic E-state index is -0.543. The van der Waals surface area contributed by atoms with Crippen LogP contribution < -0.4 is 11.5 Å². The number of hydrogen-bond donors (Lipinski definition) is 2. The molecule has 74 valence electrons.